The zero-order chi connectivity index (χ0) is 39.2. The molecule has 0 saturated heterocycles. The first-order chi connectivity index (χ1) is 28.4. The number of anilines is 3. The smallest absolute Gasteiger partial charge is 0.0720 e. The van der Waals surface area contributed by atoms with Crippen LogP contribution in [0.4, 0.5) is 17.1 Å². The topological polar surface area (TPSA) is 3.24 Å². The molecule has 1 nitrogen and oxygen atoms in total. The maximum absolute atomic E-state index is 6.82. The summed E-state index contributed by atoms with van der Waals surface area (Å²) in [4.78, 5) is 2.44. The molecule has 1 spiro atoms. The maximum atomic E-state index is 6.82. The number of rotatable bonds is 6. The third-order valence-electron chi connectivity index (χ3n) is 12.9. The molecule has 0 aliphatic heterocycles. The van der Waals surface area contributed by atoms with E-state index in [9.17, 15) is 0 Å². The van der Waals surface area contributed by atoms with Gasteiger partial charge in [-0.2, -0.15) is 0 Å². The van der Waals surface area contributed by atoms with E-state index < -0.39 is 5.41 Å². The summed E-state index contributed by atoms with van der Waals surface area (Å²) < 4.78 is 0. The number of hydrogen-bond acceptors (Lipinski definition) is 1. The van der Waals surface area contributed by atoms with Crippen LogP contribution in [0.2, 0.25) is 5.02 Å². The summed E-state index contributed by atoms with van der Waals surface area (Å²) in [6.07, 6.45) is 4.33. The second-order valence-electron chi connectivity index (χ2n) is 16.2. The van der Waals surface area contributed by atoms with Crippen molar-refractivity contribution in [3.8, 4) is 44.5 Å². The molecular weight excluding hydrogens is 722 g/mol. The Hall–Kier alpha value is -6.67. The molecule has 8 aromatic rings. The van der Waals surface area contributed by atoms with Gasteiger partial charge in [0.15, 0.2) is 0 Å². The molecular formula is C56H40ClN. The normalized spacial score (nSPS) is 16.2. The van der Waals surface area contributed by atoms with Gasteiger partial charge in [0.05, 0.1) is 11.1 Å². The number of hydrogen-bond donors (Lipinski definition) is 0. The summed E-state index contributed by atoms with van der Waals surface area (Å²) in [6, 6.07) is 66.4. The van der Waals surface area contributed by atoms with Gasteiger partial charge in [-0.1, -0.05) is 178 Å². The first-order valence-electron chi connectivity index (χ1n) is 20.1. The van der Waals surface area contributed by atoms with Gasteiger partial charge in [-0.25, -0.2) is 0 Å². The molecule has 0 heterocycles. The lowest BCUT2D eigenvalue weighted by Crippen LogP contribution is -2.26. The predicted octanol–water partition coefficient (Wildman–Crippen LogP) is 15.3. The second kappa shape index (κ2) is 12.9. The van der Waals surface area contributed by atoms with Gasteiger partial charge in [0.1, 0.15) is 0 Å². The molecule has 0 fully saturated rings. The Kier molecular flexibility index (Phi) is 7.71. The molecule has 58 heavy (non-hydrogen) atoms. The van der Waals surface area contributed by atoms with Crippen LogP contribution < -0.4 is 4.90 Å². The van der Waals surface area contributed by atoms with E-state index in [1.165, 1.54) is 83.6 Å². The average molecular weight is 762 g/mol. The molecule has 0 N–H and O–H groups in total. The molecule has 11 rings (SSSR count). The number of nitrogens with zero attached hydrogens (tertiary/aromatic N) is 1. The van der Waals surface area contributed by atoms with E-state index in [4.69, 9.17) is 11.6 Å². The van der Waals surface area contributed by atoms with Crippen molar-refractivity contribution in [1.82, 2.24) is 0 Å². The summed E-state index contributed by atoms with van der Waals surface area (Å²) in [5.41, 5.74) is 21.5. The van der Waals surface area contributed by atoms with E-state index in [0.29, 0.717) is 0 Å². The van der Waals surface area contributed by atoms with Crippen molar-refractivity contribution in [2.24, 2.45) is 0 Å². The van der Waals surface area contributed by atoms with Gasteiger partial charge in [-0.3, -0.25) is 0 Å². The van der Waals surface area contributed by atoms with E-state index >= 15 is 0 Å². The molecule has 1 unspecified atom stereocenters. The molecule has 0 aromatic heterocycles. The first kappa shape index (κ1) is 34.6. The lowest BCUT2D eigenvalue weighted by Gasteiger charge is -2.31. The summed E-state index contributed by atoms with van der Waals surface area (Å²) in [5.74, 6) is 0. The molecule has 2 heteroatoms. The molecule has 0 bridgehead atoms. The monoisotopic (exact) mass is 761 g/mol. The summed E-state index contributed by atoms with van der Waals surface area (Å²) >= 11 is 6.82. The maximum Gasteiger partial charge on any atom is 0.0720 e. The molecule has 0 saturated carbocycles. The minimum Gasteiger partial charge on any atom is -0.310 e. The van der Waals surface area contributed by atoms with Crippen molar-refractivity contribution in [2.45, 2.75) is 24.7 Å². The Morgan fingerprint density at radius 3 is 1.83 bits per heavy atom. The Morgan fingerprint density at radius 2 is 1.07 bits per heavy atom. The van der Waals surface area contributed by atoms with E-state index in [2.05, 4.69) is 207 Å². The minimum absolute atomic E-state index is 0.110. The lowest BCUT2D eigenvalue weighted by atomic mass is 9.69. The zero-order valence-corrected chi connectivity index (χ0v) is 33.3. The van der Waals surface area contributed by atoms with Crippen molar-refractivity contribution >= 4 is 34.7 Å². The lowest BCUT2D eigenvalue weighted by molar-refractivity contribution is 0.660. The fourth-order valence-corrected chi connectivity index (χ4v) is 10.5. The first-order valence-corrected chi connectivity index (χ1v) is 20.4. The predicted molar refractivity (Wildman–Crippen MR) is 245 cm³/mol. The van der Waals surface area contributed by atoms with Gasteiger partial charge in [0, 0.05) is 27.4 Å². The number of allylic oxidation sites excluding steroid dienone is 2. The van der Waals surface area contributed by atoms with Gasteiger partial charge in [-0.15, -0.1) is 0 Å². The second-order valence-corrected chi connectivity index (χ2v) is 16.7. The molecule has 3 aliphatic carbocycles. The van der Waals surface area contributed by atoms with Crippen LogP contribution >= 0.6 is 11.6 Å². The summed E-state index contributed by atoms with van der Waals surface area (Å²) in [6.45, 7) is 9.02. The van der Waals surface area contributed by atoms with E-state index in [1.807, 2.05) is 12.1 Å². The Morgan fingerprint density at radius 1 is 0.483 bits per heavy atom. The zero-order valence-electron chi connectivity index (χ0n) is 32.5. The number of benzene rings is 8. The van der Waals surface area contributed by atoms with Crippen LogP contribution in [0, 0.1) is 0 Å². The van der Waals surface area contributed by atoms with Gasteiger partial charge in [-0.05, 0) is 126 Å². The van der Waals surface area contributed by atoms with Crippen LogP contribution in [0.3, 0.4) is 0 Å². The Labute approximate surface area is 345 Å². The Balaban J connectivity index is 1.08. The van der Waals surface area contributed by atoms with E-state index in [-0.39, 0.29) is 5.41 Å². The third-order valence-corrected chi connectivity index (χ3v) is 13.2. The van der Waals surface area contributed by atoms with E-state index in [1.54, 1.807) is 0 Å². The molecule has 0 amide bonds. The highest BCUT2D eigenvalue weighted by Gasteiger charge is 2.50. The van der Waals surface area contributed by atoms with Crippen LogP contribution in [0.15, 0.2) is 200 Å². The fourth-order valence-electron chi connectivity index (χ4n) is 10.4. The highest BCUT2D eigenvalue weighted by Crippen LogP contribution is 2.62. The molecule has 1 atom stereocenters. The summed E-state index contributed by atoms with van der Waals surface area (Å²) in [5, 5.41) is 0.736. The molecule has 0 radical (unpaired) electrons. The Bertz CT molecular complexity index is 2990. The minimum atomic E-state index is -0.482. The van der Waals surface area contributed by atoms with Crippen LogP contribution in [0.25, 0.3) is 50.6 Å². The number of fused-ring (bicyclic) bond motifs is 10. The third kappa shape index (κ3) is 4.84. The largest absolute Gasteiger partial charge is 0.310 e. The highest BCUT2D eigenvalue weighted by molar-refractivity contribution is 6.31. The molecule has 8 aromatic carbocycles. The summed E-state index contributed by atoms with van der Waals surface area (Å²) in [7, 11) is 0. The SMILES string of the molecule is C=CC1=Cc2ccccc2C12c1cc(Cl)ccc1-c1c(-c3ccc(N(c4ccc(-c5ccccc5)cc4)c4cccc5c4-c4ccccc4C5(C)C)cc3)cccc12. The quantitative estimate of drug-likeness (QED) is 0.163. The number of halogens is 1. The van der Waals surface area contributed by atoms with Crippen molar-refractivity contribution in [3.63, 3.8) is 0 Å². The van der Waals surface area contributed by atoms with Gasteiger partial charge in [0.2, 0.25) is 0 Å². The van der Waals surface area contributed by atoms with Gasteiger partial charge < -0.3 is 4.90 Å². The molecule has 3 aliphatic rings. The van der Waals surface area contributed by atoms with Crippen LogP contribution in [0.1, 0.15) is 47.2 Å². The van der Waals surface area contributed by atoms with Crippen LogP contribution in [0.5, 0.6) is 0 Å². The van der Waals surface area contributed by atoms with Crippen molar-refractivity contribution in [3.05, 3.63) is 239 Å². The van der Waals surface area contributed by atoms with Crippen molar-refractivity contribution in [2.75, 3.05) is 4.90 Å². The van der Waals surface area contributed by atoms with Crippen molar-refractivity contribution in [1.29, 1.82) is 0 Å². The average Bonchev–Trinajstić information content (AvgIpc) is 3.85. The van der Waals surface area contributed by atoms with Crippen molar-refractivity contribution < 1.29 is 0 Å². The fraction of sp³-hybridized carbons (Fsp3) is 0.0714. The van der Waals surface area contributed by atoms with Gasteiger partial charge >= 0.3 is 0 Å². The molecule has 276 valence electrons. The highest BCUT2D eigenvalue weighted by atomic mass is 35.5. The van der Waals surface area contributed by atoms with Gasteiger partial charge in [0.25, 0.3) is 0 Å². The van der Waals surface area contributed by atoms with Crippen LogP contribution in [-0.2, 0) is 10.8 Å². The standard InChI is InChI=1S/C56H40ClN/c1-4-40-34-39-16-8-10-19-47(39)56(40)50-22-12-18-44(53(50)46-33-28-41(57)35-51(46)56)38-26-31-43(32-27-38)58(42-29-24-37(25-30-42)36-14-6-5-7-15-36)52-23-13-21-49-54(52)45-17-9-11-20-48(45)55(49,2)3/h4-35H,1H2,2-3H3. The van der Waals surface area contributed by atoms with Crippen LogP contribution in [-0.4, -0.2) is 0 Å². The van der Waals surface area contributed by atoms with E-state index in [0.717, 1.165) is 22.0 Å².